The van der Waals surface area contributed by atoms with Crippen LogP contribution in [-0.2, 0) is 10.1 Å². The van der Waals surface area contributed by atoms with Gasteiger partial charge in [-0.2, -0.15) is 18.6 Å². The van der Waals surface area contributed by atoms with Crippen LogP contribution in [0, 0.1) is 6.92 Å². The van der Waals surface area contributed by atoms with Gasteiger partial charge in [-0.1, -0.05) is 59.3 Å². The molecule has 0 bridgehead atoms. The van der Waals surface area contributed by atoms with Gasteiger partial charge in [0.05, 0.1) is 28.7 Å². The maximum atomic E-state index is 13.4. The van der Waals surface area contributed by atoms with Crippen LogP contribution in [0.1, 0.15) is 22.8 Å². The Balaban J connectivity index is 0.00000420. The molecule has 4 aromatic carbocycles. The van der Waals surface area contributed by atoms with Gasteiger partial charge in [-0.15, -0.1) is 0 Å². The molecule has 2 N–H and O–H groups in total. The van der Waals surface area contributed by atoms with E-state index in [4.69, 9.17) is 27.9 Å². The van der Waals surface area contributed by atoms with Crippen LogP contribution in [0.3, 0.4) is 0 Å². The topological polar surface area (TPSA) is 140 Å². The van der Waals surface area contributed by atoms with Crippen LogP contribution in [0.5, 0.6) is 11.5 Å². The molecule has 196 valence electrons. The summed E-state index contributed by atoms with van der Waals surface area (Å²) in [5.74, 6) is -0.999. The van der Waals surface area contributed by atoms with Crippen molar-refractivity contribution < 1.29 is 57.2 Å². The monoisotopic (exact) mass is 595 g/mol. The number of nitrogens with zero attached hydrogens (tertiary/aromatic N) is 2. The molecule has 0 heterocycles. The number of hydrogen-bond donors (Lipinski definition) is 2. The van der Waals surface area contributed by atoms with E-state index in [1.807, 2.05) is 0 Å². The van der Waals surface area contributed by atoms with Gasteiger partial charge in [0, 0.05) is 10.9 Å². The molecule has 39 heavy (non-hydrogen) atoms. The minimum absolute atomic E-state index is 0. The van der Waals surface area contributed by atoms with E-state index < -0.39 is 26.7 Å². The Morgan fingerprint density at radius 3 is 2.46 bits per heavy atom. The average molecular weight is 596 g/mol. The second-order valence-electron chi connectivity index (χ2n) is 8.02. The van der Waals surface area contributed by atoms with Crippen LogP contribution in [0.25, 0.3) is 10.8 Å². The number of benzene rings is 4. The fourth-order valence-corrected chi connectivity index (χ4v) is 5.00. The molecular formula is C26H20Cl2N3NaO6S. The van der Waals surface area contributed by atoms with Crippen molar-refractivity contribution >= 4 is 67.1 Å². The zero-order chi connectivity index (χ0) is 27.6. The Labute approximate surface area is 256 Å². The van der Waals surface area contributed by atoms with E-state index in [0.29, 0.717) is 23.1 Å². The second kappa shape index (κ2) is 12.6. The van der Waals surface area contributed by atoms with Gasteiger partial charge in [0.2, 0.25) is 0 Å². The van der Waals surface area contributed by atoms with Gasteiger partial charge in [-0.05, 0) is 55.1 Å². The summed E-state index contributed by atoms with van der Waals surface area (Å²) in [5.41, 5.74) is 0.367. The van der Waals surface area contributed by atoms with Crippen LogP contribution < -0.4 is 44.7 Å². The molecule has 1 amide bonds. The van der Waals surface area contributed by atoms with E-state index >= 15 is 0 Å². The Morgan fingerprint density at radius 2 is 1.77 bits per heavy atom. The maximum absolute atomic E-state index is 13.4. The van der Waals surface area contributed by atoms with Gasteiger partial charge in [-0.25, -0.2) is 0 Å². The summed E-state index contributed by atoms with van der Waals surface area (Å²) in [4.78, 5) is 12.7. The number of nitrogens with one attached hydrogen (secondary N) is 1. The van der Waals surface area contributed by atoms with Gasteiger partial charge < -0.3 is 15.2 Å². The maximum Gasteiger partial charge on any atom is 1.00 e. The first-order valence-electron chi connectivity index (χ1n) is 11.2. The van der Waals surface area contributed by atoms with E-state index in [-0.39, 0.29) is 67.8 Å². The Kier molecular flexibility index (Phi) is 10.0. The Hall–Kier alpha value is -2.70. The molecule has 0 saturated heterocycles. The summed E-state index contributed by atoms with van der Waals surface area (Å²) in [6, 6.07) is 15.6. The summed E-state index contributed by atoms with van der Waals surface area (Å²) in [5, 5.41) is 25.3. The standard InChI is InChI=1S/C26H21Cl2N3O6S.Na/c1-3-37-20-10-6-9-19(23(20)28)29-26(33)17-13-15-7-4-5-8-16(15)24(25(17)32)31-30-18-11-12-21(38(34,35)36)22(27)14(18)2;/h4-13,32H,3H2,1-2H3,(H,29,33)(H,34,35,36);/q;+1/p-1. The van der Waals surface area contributed by atoms with Crippen molar-refractivity contribution in [3.63, 3.8) is 0 Å². The van der Waals surface area contributed by atoms with Crippen molar-refractivity contribution in [1.82, 2.24) is 0 Å². The van der Waals surface area contributed by atoms with E-state index in [0.717, 1.165) is 6.07 Å². The molecule has 0 atom stereocenters. The van der Waals surface area contributed by atoms with Gasteiger partial charge in [0.1, 0.15) is 15.7 Å². The molecule has 0 aliphatic rings. The number of fused-ring (bicyclic) bond motifs is 1. The number of rotatable bonds is 7. The molecule has 4 aromatic rings. The van der Waals surface area contributed by atoms with E-state index in [1.165, 1.54) is 19.1 Å². The van der Waals surface area contributed by atoms with Crippen LogP contribution >= 0.6 is 23.2 Å². The molecular weight excluding hydrogens is 576 g/mol. The number of amides is 1. The van der Waals surface area contributed by atoms with Crippen molar-refractivity contribution in [2.45, 2.75) is 18.7 Å². The number of carbonyl (C=O) groups is 1. The van der Waals surface area contributed by atoms with Crippen LogP contribution in [-0.4, -0.2) is 25.5 Å². The first-order valence-corrected chi connectivity index (χ1v) is 13.4. The quantitative estimate of drug-likeness (QED) is 0.189. The third-order valence-electron chi connectivity index (χ3n) is 5.59. The molecule has 4 rings (SSSR count). The first kappa shape index (κ1) is 30.8. The predicted molar refractivity (Wildman–Crippen MR) is 144 cm³/mol. The van der Waals surface area contributed by atoms with Crippen molar-refractivity contribution in [3.8, 4) is 11.5 Å². The number of carbonyl (C=O) groups excluding carboxylic acids is 1. The van der Waals surface area contributed by atoms with E-state index in [2.05, 4.69) is 15.5 Å². The van der Waals surface area contributed by atoms with Crippen molar-refractivity contribution in [3.05, 3.63) is 81.8 Å². The van der Waals surface area contributed by atoms with Crippen molar-refractivity contribution in [2.75, 3.05) is 11.9 Å². The molecule has 0 aromatic heterocycles. The molecule has 0 saturated carbocycles. The molecule has 0 aliphatic carbocycles. The number of hydrogen-bond acceptors (Lipinski definition) is 7. The number of azo groups is 1. The number of anilines is 1. The molecule has 9 nitrogen and oxygen atoms in total. The number of ether oxygens (including phenoxy) is 1. The van der Waals surface area contributed by atoms with Gasteiger partial charge >= 0.3 is 29.6 Å². The summed E-state index contributed by atoms with van der Waals surface area (Å²) in [6.45, 7) is 3.67. The minimum Gasteiger partial charge on any atom is -0.870 e. The SMILES string of the molecule is CCOc1cccc(NC(=O)c2cc3ccccc3c(N=Nc3ccc(S(=O)(=O)O)c(Cl)c3C)c2[O-])c1Cl.[Na+]. The Bertz CT molecular complexity index is 1710. The van der Waals surface area contributed by atoms with Gasteiger partial charge in [-0.3, -0.25) is 9.35 Å². The zero-order valence-electron chi connectivity index (χ0n) is 21.0. The second-order valence-corrected chi connectivity index (χ2v) is 10.2. The molecule has 0 aliphatic heterocycles. The third-order valence-corrected chi connectivity index (χ3v) is 7.47. The summed E-state index contributed by atoms with van der Waals surface area (Å²) < 4.78 is 37.8. The summed E-state index contributed by atoms with van der Waals surface area (Å²) in [6.07, 6.45) is 0. The molecule has 13 heteroatoms. The largest absolute Gasteiger partial charge is 1.00 e. The molecule has 0 unspecified atom stereocenters. The molecule has 0 radical (unpaired) electrons. The van der Waals surface area contributed by atoms with Crippen LogP contribution in [0.2, 0.25) is 10.0 Å². The average Bonchev–Trinajstić information content (AvgIpc) is 2.87. The minimum atomic E-state index is -4.54. The van der Waals surface area contributed by atoms with E-state index in [1.54, 1.807) is 49.4 Å². The van der Waals surface area contributed by atoms with Gasteiger partial charge in [0.25, 0.3) is 16.0 Å². The number of halogens is 2. The van der Waals surface area contributed by atoms with Crippen LogP contribution in [0.4, 0.5) is 17.1 Å². The fourth-order valence-electron chi connectivity index (χ4n) is 3.70. The predicted octanol–water partition coefficient (Wildman–Crippen LogP) is 3.85. The summed E-state index contributed by atoms with van der Waals surface area (Å²) >= 11 is 12.5. The molecule has 0 spiro atoms. The molecule has 0 fully saturated rings. The zero-order valence-corrected chi connectivity index (χ0v) is 25.4. The van der Waals surface area contributed by atoms with Crippen molar-refractivity contribution in [1.29, 1.82) is 0 Å². The Morgan fingerprint density at radius 1 is 1.05 bits per heavy atom. The fraction of sp³-hybridized carbons (Fsp3) is 0.115. The smallest absolute Gasteiger partial charge is 0.870 e. The normalized spacial score (nSPS) is 11.4. The third kappa shape index (κ3) is 6.55. The van der Waals surface area contributed by atoms with E-state index in [9.17, 15) is 22.9 Å². The summed E-state index contributed by atoms with van der Waals surface area (Å²) in [7, 11) is -4.54. The first-order chi connectivity index (χ1) is 18.0. The van der Waals surface area contributed by atoms with Crippen molar-refractivity contribution in [2.24, 2.45) is 10.2 Å². The van der Waals surface area contributed by atoms with Gasteiger partial charge in [0.15, 0.2) is 0 Å². The van der Waals surface area contributed by atoms with Crippen LogP contribution in [0.15, 0.2) is 75.8 Å².